The smallest absolute Gasteiger partial charge is 0.305 e. The molecule has 1 aromatic rings. The van der Waals surface area contributed by atoms with Gasteiger partial charge in [0.2, 0.25) is 0 Å². The zero-order valence-electron chi connectivity index (χ0n) is 14.5. The van der Waals surface area contributed by atoms with Crippen LogP contribution in [0.25, 0.3) is 0 Å². The van der Waals surface area contributed by atoms with E-state index in [9.17, 15) is 4.79 Å². The summed E-state index contributed by atoms with van der Waals surface area (Å²) in [5, 5.41) is 6.65. The van der Waals surface area contributed by atoms with Gasteiger partial charge in [0.05, 0.1) is 7.11 Å². The number of nitrogens with zero attached hydrogens (tertiary/aromatic N) is 1. The number of unbranched alkanes of at least 4 members (excludes halogenated alkanes) is 2. The summed E-state index contributed by atoms with van der Waals surface area (Å²) < 4.78 is 4.62. The molecule has 23 heavy (non-hydrogen) atoms. The van der Waals surface area contributed by atoms with Crippen molar-refractivity contribution in [2.24, 2.45) is 4.99 Å². The van der Waals surface area contributed by atoms with Crippen LogP contribution in [0, 0.1) is 0 Å². The number of methoxy groups -OCH3 is 1. The van der Waals surface area contributed by atoms with Gasteiger partial charge in [0.25, 0.3) is 0 Å². The molecule has 1 rings (SSSR count). The molecule has 0 aliphatic rings. The molecule has 5 heteroatoms. The molecule has 0 heterocycles. The molecule has 0 aliphatic heterocycles. The number of hydrogen-bond donors (Lipinski definition) is 2. The number of nitrogens with one attached hydrogen (secondary N) is 2. The number of esters is 1. The highest BCUT2D eigenvalue weighted by Crippen LogP contribution is 2.12. The number of ether oxygens (including phenoxy) is 1. The van der Waals surface area contributed by atoms with Gasteiger partial charge in [-0.2, -0.15) is 0 Å². The first-order chi connectivity index (χ1) is 11.2. The van der Waals surface area contributed by atoms with Crippen LogP contribution in [-0.4, -0.2) is 39.2 Å². The highest BCUT2D eigenvalue weighted by molar-refractivity contribution is 5.79. The first-order valence-corrected chi connectivity index (χ1v) is 8.23. The minimum Gasteiger partial charge on any atom is -0.469 e. The summed E-state index contributed by atoms with van der Waals surface area (Å²) in [7, 11) is 3.20. The van der Waals surface area contributed by atoms with E-state index in [0.717, 1.165) is 38.3 Å². The van der Waals surface area contributed by atoms with Gasteiger partial charge < -0.3 is 15.4 Å². The SMILES string of the molecule is CN=C(NCCCCCC(=O)OC)NCC(C)c1ccccc1. The highest BCUT2D eigenvalue weighted by Gasteiger charge is 2.06. The standard InChI is InChI=1S/C18H29N3O2/c1-15(16-10-6-4-7-11-16)14-21-18(19-2)20-13-9-5-8-12-17(22)23-3/h4,6-7,10-11,15H,5,8-9,12-14H2,1-3H3,(H2,19,20,21). The largest absolute Gasteiger partial charge is 0.469 e. The molecule has 0 saturated heterocycles. The van der Waals surface area contributed by atoms with Gasteiger partial charge in [-0.15, -0.1) is 0 Å². The van der Waals surface area contributed by atoms with Gasteiger partial charge in [0.1, 0.15) is 0 Å². The van der Waals surface area contributed by atoms with Crippen molar-refractivity contribution in [2.45, 2.75) is 38.5 Å². The van der Waals surface area contributed by atoms with Gasteiger partial charge in [-0.3, -0.25) is 9.79 Å². The van der Waals surface area contributed by atoms with E-state index in [1.54, 1.807) is 7.05 Å². The van der Waals surface area contributed by atoms with E-state index in [-0.39, 0.29) is 5.97 Å². The van der Waals surface area contributed by atoms with Crippen LogP contribution < -0.4 is 10.6 Å². The average Bonchev–Trinajstić information content (AvgIpc) is 2.60. The molecule has 5 nitrogen and oxygen atoms in total. The number of benzene rings is 1. The molecular weight excluding hydrogens is 290 g/mol. The van der Waals surface area contributed by atoms with Crippen LogP contribution in [0.15, 0.2) is 35.3 Å². The minimum absolute atomic E-state index is 0.134. The van der Waals surface area contributed by atoms with Crippen molar-refractivity contribution >= 4 is 11.9 Å². The van der Waals surface area contributed by atoms with Crippen LogP contribution >= 0.6 is 0 Å². The third-order valence-electron chi connectivity index (χ3n) is 3.75. The van der Waals surface area contributed by atoms with Gasteiger partial charge in [-0.25, -0.2) is 0 Å². The molecule has 0 spiro atoms. The second-order valence-corrected chi connectivity index (χ2v) is 5.58. The second kappa shape index (κ2) is 11.5. The number of hydrogen-bond acceptors (Lipinski definition) is 3. The van der Waals surface area contributed by atoms with Gasteiger partial charge in [-0.05, 0) is 24.3 Å². The summed E-state index contributed by atoms with van der Waals surface area (Å²) in [5.74, 6) is 1.11. The van der Waals surface area contributed by atoms with E-state index in [1.807, 2.05) is 6.07 Å². The molecule has 1 aromatic carbocycles. The Bertz CT molecular complexity index is 474. The fraction of sp³-hybridized carbons (Fsp3) is 0.556. The predicted molar refractivity (Wildman–Crippen MR) is 94.7 cm³/mol. The van der Waals surface area contributed by atoms with Crippen molar-refractivity contribution in [1.82, 2.24) is 10.6 Å². The van der Waals surface area contributed by atoms with E-state index >= 15 is 0 Å². The third-order valence-corrected chi connectivity index (χ3v) is 3.75. The molecular formula is C18H29N3O2. The Balaban J connectivity index is 2.16. The normalized spacial score (nSPS) is 12.6. The van der Waals surface area contributed by atoms with Crippen LogP contribution in [0.1, 0.15) is 44.1 Å². The van der Waals surface area contributed by atoms with E-state index in [1.165, 1.54) is 12.7 Å². The zero-order valence-corrected chi connectivity index (χ0v) is 14.5. The number of carbonyl (C=O) groups excluding carboxylic acids is 1. The fourth-order valence-electron chi connectivity index (χ4n) is 2.25. The first-order valence-electron chi connectivity index (χ1n) is 8.23. The molecule has 0 aromatic heterocycles. The summed E-state index contributed by atoms with van der Waals surface area (Å²) in [6.07, 6.45) is 3.37. The summed E-state index contributed by atoms with van der Waals surface area (Å²) in [6, 6.07) is 10.4. The molecule has 0 saturated carbocycles. The fourth-order valence-corrected chi connectivity index (χ4v) is 2.25. The lowest BCUT2D eigenvalue weighted by Gasteiger charge is -2.16. The molecule has 128 valence electrons. The molecule has 0 aliphatic carbocycles. The minimum atomic E-state index is -0.134. The number of rotatable bonds is 9. The number of aliphatic imine (C=N–C) groups is 1. The van der Waals surface area contributed by atoms with Gasteiger partial charge in [0, 0.05) is 26.6 Å². The highest BCUT2D eigenvalue weighted by atomic mass is 16.5. The molecule has 2 N–H and O–H groups in total. The summed E-state index contributed by atoms with van der Waals surface area (Å²) in [4.78, 5) is 15.2. The maximum absolute atomic E-state index is 11.0. The Morgan fingerprint density at radius 2 is 1.91 bits per heavy atom. The Morgan fingerprint density at radius 3 is 2.57 bits per heavy atom. The summed E-state index contributed by atoms with van der Waals surface area (Å²) in [6.45, 7) is 3.88. The molecule has 0 amide bonds. The van der Waals surface area contributed by atoms with Crippen LogP contribution in [0.4, 0.5) is 0 Å². The lowest BCUT2D eigenvalue weighted by molar-refractivity contribution is -0.140. The quantitative estimate of drug-likeness (QED) is 0.318. The summed E-state index contributed by atoms with van der Waals surface area (Å²) >= 11 is 0. The van der Waals surface area contributed by atoms with Crippen molar-refractivity contribution in [2.75, 3.05) is 27.2 Å². The number of guanidine groups is 1. The van der Waals surface area contributed by atoms with E-state index in [0.29, 0.717) is 12.3 Å². The summed E-state index contributed by atoms with van der Waals surface area (Å²) in [5.41, 5.74) is 1.32. The predicted octanol–water partition coefficient (Wildman–Crippen LogP) is 2.69. The first kappa shape index (κ1) is 19.0. The zero-order chi connectivity index (χ0) is 16.9. The van der Waals surface area contributed by atoms with Crippen LogP contribution in [0.3, 0.4) is 0 Å². The van der Waals surface area contributed by atoms with Crippen LogP contribution in [-0.2, 0) is 9.53 Å². The monoisotopic (exact) mass is 319 g/mol. The molecule has 0 bridgehead atoms. The Kier molecular flexibility index (Phi) is 9.52. The lowest BCUT2D eigenvalue weighted by atomic mass is 10.0. The molecule has 1 unspecified atom stereocenters. The van der Waals surface area contributed by atoms with Gasteiger partial charge >= 0.3 is 5.97 Å². The van der Waals surface area contributed by atoms with E-state index in [4.69, 9.17) is 0 Å². The van der Waals surface area contributed by atoms with E-state index < -0.39 is 0 Å². The van der Waals surface area contributed by atoms with Crippen LogP contribution in [0.2, 0.25) is 0 Å². The maximum atomic E-state index is 11.0. The Morgan fingerprint density at radius 1 is 1.17 bits per heavy atom. The molecule has 0 radical (unpaired) electrons. The third kappa shape index (κ3) is 8.24. The van der Waals surface area contributed by atoms with Crippen molar-refractivity contribution in [1.29, 1.82) is 0 Å². The van der Waals surface area contributed by atoms with Crippen molar-refractivity contribution in [3.8, 4) is 0 Å². The molecule has 1 atom stereocenters. The van der Waals surface area contributed by atoms with Gasteiger partial charge in [-0.1, -0.05) is 43.7 Å². The van der Waals surface area contributed by atoms with Crippen molar-refractivity contribution in [3.05, 3.63) is 35.9 Å². The lowest BCUT2D eigenvalue weighted by Crippen LogP contribution is -2.39. The van der Waals surface area contributed by atoms with Gasteiger partial charge in [0.15, 0.2) is 5.96 Å². The average molecular weight is 319 g/mol. The Hall–Kier alpha value is -2.04. The van der Waals surface area contributed by atoms with Crippen LogP contribution in [0.5, 0.6) is 0 Å². The second-order valence-electron chi connectivity index (χ2n) is 5.58. The molecule has 0 fully saturated rings. The maximum Gasteiger partial charge on any atom is 0.305 e. The van der Waals surface area contributed by atoms with Crippen molar-refractivity contribution < 1.29 is 9.53 Å². The number of carbonyl (C=O) groups is 1. The van der Waals surface area contributed by atoms with Crippen molar-refractivity contribution in [3.63, 3.8) is 0 Å². The van der Waals surface area contributed by atoms with E-state index in [2.05, 4.69) is 51.6 Å². The topological polar surface area (TPSA) is 62.7 Å². The Labute approximate surface area is 139 Å².